The second kappa shape index (κ2) is 5.13. The lowest BCUT2D eigenvalue weighted by Gasteiger charge is -2.05. The Morgan fingerprint density at radius 1 is 1.06 bits per heavy atom. The van der Waals surface area contributed by atoms with E-state index in [9.17, 15) is 21.6 Å². The first kappa shape index (κ1) is 14.7. The lowest BCUT2D eigenvalue weighted by molar-refractivity contribution is -0.137. The molecular weight excluding hydrogens is 245 g/mol. The van der Waals surface area contributed by atoms with Crippen molar-refractivity contribution in [2.24, 2.45) is 0 Å². The molecule has 0 aromatic heterocycles. The van der Waals surface area contributed by atoms with Crippen molar-refractivity contribution in [3.05, 3.63) is 43.0 Å². The Labute approximate surface area is 91.0 Å². The topological polar surface area (TPSA) is 54.4 Å². The smallest absolute Gasteiger partial charge is 0.282 e. The third-order valence-corrected chi connectivity index (χ3v) is 2.35. The Morgan fingerprint density at radius 3 is 1.69 bits per heavy atom. The molecule has 1 rings (SSSR count). The number of alkyl halides is 3. The van der Waals surface area contributed by atoms with Crippen LogP contribution in [0, 0.1) is 0 Å². The van der Waals surface area contributed by atoms with Gasteiger partial charge in [0, 0.05) is 0 Å². The molecular formula is C9H9F3O3S. The summed E-state index contributed by atoms with van der Waals surface area (Å²) in [6.45, 7) is 6.00. The SMILES string of the molecule is C=C.O=S(=O)(O)c1ccc(C(F)(F)F)cc1. The van der Waals surface area contributed by atoms with E-state index in [-0.39, 0.29) is 0 Å². The van der Waals surface area contributed by atoms with Gasteiger partial charge in [0.15, 0.2) is 0 Å². The molecule has 0 aliphatic carbocycles. The molecule has 0 bridgehead atoms. The largest absolute Gasteiger partial charge is 0.416 e. The van der Waals surface area contributed by atoms with E-state index in [1.165, 1.54) is 0 Å². The first-order chi connectivity index (χ1) is 7.21. The van der Waals surface area contributed by atoms with Gasteiger partial charge in [-0.15, -0.1) is 13.2 Å². The maximum absolute atomic E-state index is 12.0. The van der Waals surface area contributed by atoms with Crippen molar-refractivity contribution < 1.29 is 26.1 Å². The van der Waals surface area contributed by atoms with Gasteiger partial charge in [-0.1, -0.05) is 0 Å². The van der Waals surface area contributed by atoms with Gasteiger partial charge in [-0.25, -0.2) is 0 Å². The zero-order valence-corrected chi connectivity index (χ0v) is 8.85. The van der Waals surface area contributed by atoms with Crippen LogP contribution >= 0.6 is 0 Å². The minimum absolute atomic E-state index is 0.564. The lowest BCUT2D eigenvalue weighted by Crippen LogP contribution is -2.05. The molecule has 3 nitrogen and oxygen atoms in total. The Balaban J connectivity index is 0.00000106. The Morgan fingerprint density at radius 2 is 1.44 bits per heavy atom. The Bertz CT molecular complexity index is 434. The predicted octanol–water partition coefficient (Wildman–Crippen LogP) is 2.75. The third kappa shape index (κ3) is 4.03. The number of rotatable bonds is 1. The summed E-state index contributed by atoms with van der Waals surface area (Å²) in [5.41, 5.74) is -0.968. The highest BCUT2D eigenvalue weighted by Crippen LogP contribution is 2.29. The van der Waals surface area contributed by atoms with Crippen molar-refractivity contribution in [1.29, 1.82) is 0 Å². The van der Waals surface area contributed by atoms with Crippen LogP contribution in [0.4, 0.5) is 13.2 Å². The summed E-state index contributed by atoms with van der Waals surface area (Å²) in [5, 5.41) is 0. The fourth-order valence-electron chi connectivity index (χ4n) is 0.816. The molecule has 16 heavy (non-hydrogen) atoms. The second-order valence-electron chi connectivity index (χ2n) is 2.50. The molecule has 0 aliphatic heterocycles. The van der Waals surface area contributed by atoms with Crippen LogP contribution in [-0.4, -0.2) is 13.0 Å². The van der Waals surface area contributed by atoms with E-state index < -0.39 is 26.8 Å². The summed E-state index contributed by atoms with van der Waals surface area (Å²) < 4.78 is 65.4. The van der Waals surface area contributed by atoms with Crippen LogP contribution in [0.2, 0.25) is 0 Å². The molecule has 0 heterocycles. The molecule has 0 radical (unpaired) electrons. The molecule has 0 unspecified atom stereocenters. The standard InChI is InChI=1S/C7H5F3O3S.C2H4/c8-7(9,10)5-1-3-6(4-2-5)14(11,12)13;1-2/h1-4H,(H,11,12,13);1-2H2. The zero-order valence-electron chi connectivity index (χ0n) is 8.03. The van der Waals surface area contributed by atoms with Crippen molar-refractivity contribution >= 4 is 10.1 Å². The van der Waals surface area contributed by atoms with Gasteiger partial charge < -0.3 is 0 Å². The van der Waals surface area contributed by atoms with Gasteiger partial charge in [0.05, 0.1) is 10.5 Å². The van der Waals surface area contributed by atoms with Gasteiger partial charge in [-0.3, -0.25) is 4.55 Å². The van der Waals surface area contributed by atoms with Gasteiger partial charge in [0.25, 0.3) is 10.1 Å². The first-order valence-corrected chi connectivity index (χ1v) is 5.30. The van der Waals surface area contributed by atoms with Crippen LogP contribution in [0.3, 0.4) is 0 Å². The molecule has 0 spiro atoms. The van der Waals surface area contributed by atoms with Crippen LogP contribution in [0.5, 0.6) is 0 Å². The van der Waals surface area contributed by atoms with Gasteiger partial charge in [-0.05, 0) is 24.3 Å². The summed E-state index contributed by atoms with van der Waals surface area (Å²) in [5.74, 6) is 0. The number of halogens is 3. The molecule has 0 amide bonds. The van der Waals surface area contributed by atoms with Gasteiger partial charge in [0.2, 0.25) is 0 Å². The monoisotopic (exact) mass is 254 g/mol. The third-order valence-electron chi connectivity index (χ3n) is 1.48. The highest BCUT2D eigenvalue weighted by Gasteiger charge is 2.30. The molecule has 7 heteroatoms. The zero-order chi connectivity index (χ0) is 13.0. The molecule has 0 fully saturated rings. The molecule has 0 saturated carbocycles. The number of hydrogen-bond donors (Lipinski definition) is 1. The minimum atomic E-state index is -4.52. The predicted molar refractivity (Wildman–Crippen MR) is 52.5 cm³/mol. The first-order valence-electron chi connectivity index (χ1n) is 3.86. The van der Waals surface area contributed by atoms with E-state index in [2.05, 4.69) is 13.2 Å². The summed E-state index contributed by atoms with van der Waals surface area (Å²) in [4.78, 5) is -0.564. The average molecular weight is 254 g/mol. The van der Waals surface area contributed by atoms with Gasteiger partial charge in [0.1, 0.15) is 0 Å². The molecule has 0 aliphatic rings. The van der Waals surface area contributed by atoms with Crippen LogP contribution in [0.25, 0.3) is 0 Å². The van der Waals surface area contributed by atoms with Crippen molar-refractivity contribution in [2.45, 2.75) is 11.1 Å². The number of hydrogen-bond acceptors (Lipinski definition) is 2. The maximum Gasteiger partial charge on any atom is 0.416 e. The van der Waals surface area contributed by atoms with Crippen molar-refractivity contribution in [1.82, 2.24) is 0 Å². The van der Waals surface area contributed by atoms with Crippen LogP contribution in [0.1, 0.15) is 5.56 Å². The molecule has 0 saturated heterocycles. The fourth-order valence-corrected chi connectivity index (χ4v) is 1.30. The maximum atomic E-state index is 12.0. The van der Waals surface area contributed by atoms with E-state index >= 15 is 0 Å². The average Bonchev–Trinajstić information content (AvgIpc) is 2.18. The van der Waals surface area contributed by atoms with Crippen molar-refractivity contribution in [3.63, 3.8) is 0 Å². The normalized spacial score (nSPS) is 11.5. The molecule has 1 aromatic carbocycles. The second-order valence-corrected chi connectivity index (χ2v) is 3.92. The quantitative estimate of drug-likeness (QED) is 0.619. The molecule has 1 N–H and O–H groups in total. The number of benzene rings is 1. The van der Waals surface area contributed by atoms with Crippen molar-refractivity contribution in [2.75, 3.05) is 0 Å². The minimum Gasteiger partial charge on any atom is -0.282 e. The Kier molecular flexibility index (Phi) is 4.70. The fraction of sp³-hybridized carbons (Fsp3) is 0.111. The highest BCUT2D eigenvalue weighted by atomic mass is 32.2. The molecule has 0 atom stereocenters. The summed E-state index contributed by atoms with van der Waals surface area (Å²) in [7, 11) is -4.43. The molecule has 1 aromatic rings. The highest BCUT2D eigenvalue weighted by molar-refractivity contribution is 7.85. The van der Waals surface area contributed by atoms with Crippen LogP contribution < -0.4 is 0 Å². The van der Waals surface area contributed by atoms with E-state index in [1.54, 1.807) is 0 Å². The lowest BCUT2D eigenvalue weighted by atomic mass is 10.2. The van der Waals surface area contributed by atoms with Gasteiger partial charge in [-0.2, -0.15) is 21.6 Å². The van der Waals surface area contributed by atoms with E-state index in [1.807, 2.05) is 0 Å². The van der Waals surface area contributed by atoms with E-state index in [4.69, 9.17) is 4.55 Å². The van der Waals surface area contributed by atoms with Gasteiger partial charge >= 0.3 is 6.18 Å². The summed E-state index contributed by atoms with van der Waals surface area (Å²) in [6, 6.07) is 2.56. The van der Waals surface area contributed by atoms with Crippen LogP contribution in [0.15, 0.2) is 42.3 Å². The van der Waals surface area contributed by atoms with E-state index in [0.717, 1.165) is 0 Å². The Hall–Kier alpha value is -1.34. The van der Waals surface area contributed by atoms with E-state index in [0.29, 0.717) is 24.3 Å². The van der Waals surface area contributed by atoms with Crippen molar-refractivity contribution in [3.8, 4) is 0 Å². The summed E-state index contributed by atoms with van der Waals surface area (Å²) >= 11 is 0. The summed E-state index contributed by atoms with van der Waals surface area (Å²) in [6.07, 6.45) is -4.52. The van der Waals surface area contributed by atoms with Crippen LogP contribution in [-0.2, 0) is 16.3 Å². The molecule has 90 valence electrons.